The topological polar surface area (TPSA) is 66.4 Å². The lowest BCUT2D eigenvalue weighted by Crippen LogP contribution is -2.40. The highest BCUT2D eigenvalue weighted by Crippen LogP contribution is 2.36. The molecule has 0 bridgehead atoms. The summed E-state index contributed by atoms with van der Waals surface area (Å²) in [6, 6.07) is 7.19. The Morgan fingerprint density at radius 2 is 1.87 bits per heavy atom. The van der Waals surface area contributed by atoms with Crippen molar-refractivity contribution in [1.29, 1.82) is 0 Å². The second-order valence-electron chi connectivity index (χ2n) is 5.84. The maximum atomic E-state index is 12.7. The number of carbonyl (C=O) groups is 2. The van der Waals surface area contributed by atoms with E-state index >= 15 is 0 Å². The molecule has 0 aliphatic carbocycles. The quantitative estimate of drug-likeness (QED) is 0.843. The molecule has 2 aromatic heterocycles. The van der Waals surface area contributed by atoms with Gasteiger partial charge in [-0.2, -0.15) is 0 Å². The molecular weight excluding hydrogens is 292 g/mol. The van der Waals surface area contributed by atoms with Gasteiger partial charge in [-0.3, -0.25) is 19.6 Å². The van der Waals surface area contributed by atoms with Gasteiger partial charge in [0.25, 0.3) is 5.91 Å². The molecule has 116 valence electrons. The van der Waals surface area contributed by atoms with E-state index in [0.29, 0.717) is 18.5 Å². The Morgan fingerprint density at radius 1 is 1.09 bits per heavy atom. The summed E-state index contributed by atoms with van der Waals surface area (Å²) in [7, 11) is 0. The zero-order chi connectivity index (χ0) is 15.8. The van der Waals surface area contributed by atoms with Gasteiger partial charge in [-0.25, -0.2) is 0 Å². The largest absolute Gasteiger partial charge is 0.333 e. The maximum absolute atomic E-state index is 12.7. The molecule has 6 nitrogen and oxygen atoms in total. The first-order chi connectivity index (χ1) is 11.3. The second-order valence-corrected chi connectivity index (χ2v) is 5.84. The monoisotopic (exact) mass is 308 g/mol. The first-order valence-electron chi connectivity index (χ1n) is 7.69. The van der Waals surface area contributed by atoms with Crippen LogP contribution in [0.5, 0.6) is 0 Å². The molecule has 2 saturated heterocycles. The van der Waals surface area contributed by atoms with Gasteiger partial charge in [-0.1, -0.05) is 0 Å². The van der Waals surface area contributed by atoms with Crippen LogP contribution in [-0.4, -0.2) is 45.3 Å². The minimum Gasteiger partial charge on any atom is -0.333 e. The van der Waals surface area contributed by atoms with E-state index in [4.69, 9.17) is 0 Å². The Bertz CT molecular complexity index is 735. The number of anilines is 1. The van der Waals surface area contributed by atoms with E-state index < -0.39 is 0 Å². The molecule has 6 heteroatoms. The highest BCUT2D eigenvalue weighted by Gasteiger charge is 2.49. The number of nitrogens with zero attached hydrogens (tertiary/aromatic N) is 4. The molecule has 0 saturated carbocycles. The van der Waals surface area contributed by atoms with Crippen LogP contribution in [0, 0.1) is 0 Å². The summed E-state index contributed by atoms with van der Waals surface area (Å²) in [5, 5.41) is 0. The molecule has 2 aliphatic rings. The van der Waals surface area contributed by atoms with Crippen LogP contribution in [-0.2, 0) is 4.79 Å². The van der Waals surface area contributed by atoms with Gasteiger partial charge in [0.2, 0.25) is 5.91 Å². The van der Waals surface area contributed by atoms with Crippen molar-refractivity contribution >= 4 is 17.5 Å². The van der Waals surface area contributed by atoms with Crippen LogP contribution in [0.25, 0.3) is 0 Å². The predicted octanol–water partition coefficient (Wildman–Crippen LogP) is 1.50. The number of rotatable bonds is 2. The summed E-state index contributed by atoms with van der Waals surface area (Å²) < 4.78 is 0. The molecule has 23 heavy (non-hydrogen) atoms. The van der Waals surface area contributed by atoms with Crippen molar-refractivity contribution < 1.29 is 9.59 Å². The number of carbonyl (C=O) groups excluding carboxylic acids is 2. The number of hydrogen-bond acceptors (Lipinski definition) is 4. The van der Waals surface area contributed by atoms with Crippen LogP contribution in [0.3, 0.4) is 0 Å². The van der Waals surface area contributed by atoms with Crippen LogP contribution < -0.4 is 4.90 Å². The number of fused-ring (bicyclic) bond motifs is 1. The average Bonchev–Trinajstić information content (AvgIpc) is 3.13. The number of amides is 2. The van der Waals surface area contributed by atoms with Crippen LogP contribution >= 0.6 is 0 Å². The standard InChI is InChI=1S/C17H16N4O2/c22-16-9-15-14(21(16)13-4-2-7-19-11-13)5-8-20(15)17(23)12-3-1-6-18-10-12/h1-4,6-7,10-11,14-15H,5,8-9H2/t14-,15+/m0/s1. The van der Waals surface area contributed by atoms with Crippen LogP contribution in [0.4, 0.5) is 5.69 Å². The van der Waals surface area contributed by atoms with Crippen molar-refractivity contribution in [3.8, 4) is 0 Å². The van der Waals surface area contributed by atoms with Crippen molar-refractivity contribution in [2.24, 2.45) is 0 Å². The van der Waals surface area contributed by atoms with Gasteiger partial charge in [0.1, 0.15) is 0 Å². The summed E-state index contributed by atoms with van der Waals surface area (Å²) in [6.45, 7) is 0.660. The minimum atomic E-state index is -0.0737. The molecule has 0 unspecified atom stereocenters. The van der Waals surface area contributed by atoms with Gasteiger partial charge in [0.05, 0.1) is 29.5 Å². The third kappa shape index (κ3) is 2.27. The van der Waals surface area contributed by atoms with E-state index in [2.05, 4.69) is 9.97 Å². The number of hydrogen-bond donors (Lipinski definition) is 0. The molecule has 0 spiro atoms. The Morgan fingerprint density at radius 3 is 2.57 bits per heavy atom. The van der Waals surface area contributed by atoms with Crippen molar-refractivity contribution in [2.75, 3.05) is 11.4 Å². The predicted molar refractivity (Wildman–Crippen MR) is 83.8 cm³/mol. The molecule has 2 fully saturated rings. The first-order valence-corrected chi connectivity index (χ1v) is 7.69. The zero-order valence-corrected chi connectivity index (χ0v) is 12.5. The van der Waals surface area contributed by atoms with E-state index in [1.54, 1.807) is 41.8 Å². The molecule has 2 aliphatic heterocycles. The summed E-state index contributed by atoms with van der Waals surface area (Å²) in [6.07, 6.45) is 7.77. The van der Waals surface area contributed by atoms with Gasteiger partial charge < -0.3 is 9.80 Å². The van der Waals surface area contributed by atoms with Gasteiger partial charge in [0, 0.05) is 31.6 Å². The molecule has 0 N–H and O–H groups in total. The van der Waals surface area contributed by atoms with E-state index in [1.165, 1.54) is 0 Å². The Hall–Kier alpha value is -2.76. The molecule has 0 radical (unpaired) electrons. The number of pyridine rings is 2. The summed E-state index contributed by atoms with van der Waals surface area (Å²) in [4.78, 5) is 36.8. The summed E-state index contributed by atoms with van der Waals surface area (Å²) in [5.41, 5.74) is 1.38. The van der Waals surface area contributed by atoms with E-state index in [9.17, 15) is 9.59 Å². The highest BCUT2D eigenvalue weighted by atomic mass is 16.2. The lowest BCUT2D eigenvalue weighted by Gasteiger charge is -2.25. The molecule has 0 aromatic carbocycles. The molecule has 2 atom stereocenters. The normalized spacial score (nSPS) is 23.2. The number of aromatic nitrogens is 2. The van der Waals surface area contributed by atoms with Gasteiger partial charge in [-0.15, -0.1) is 0 Å². The third-order valence-corrected chi connectivity index (χ3v) is 4.59. The van der Waals surface area contributed by atoms with Crippen LogP contribution in [0.1, 0.15) is 23.2 Å². The van der Waals surface area contributed by atoms with Crippen molar-refractivity contribution in [3.63, 3.8) is 0 Å². The Kier molecular flexibility index (Phi) is 3.29. The lowest BCUT2D eigenvalue weighted by atomic mass is 10.1. The van der Waals surface area contributed by atoms with E-state index in [-0.39, 0.29) is 23.9 Å². The fraction of sp³-hybridized carbons (Fsp3) is 0.294. The van der Waals surface area contributed by atoms with Crippen LogP contribution in [0.2, 0.25) is 0 Å². The molecule has 2 aromatic rings. The Balaban J connectivity index is 1.60. The minimum absolute atomic E-state index is 0.0346. The average molecular weight is 308 g/mol. The summed E-state index contributed by atoms with van der Waals surface area (Å²) >= 11 is 0. The second kappa shape index (κ2) is 5.46. The fourth-order valence-corrected chi connectivity index (χ4v) is 3.59. The molecule has 4 heterocycles. The molecule has 2 amide bonds. The van der Waals surface area contributed by atoms with Gasteiger partial charge >= 0.3 is 0 Å². The maximum Gasteiger partial charge on any atom is 0.255 e. The third-order valence-electron chi connectivity index (χ3n) is 4.59. The Labute approximate surface area is 133 Å². The zero-order valence-electron chi connectivity index (χ0n) is 12.5. The van der Waals surface area contributed by atoms with Crippen molar-refractivity contribution in [3.05, 3.63) is 54.6 Å². The van der Waals surface area contributed by atoms with Crippen LogP contribution in [0.15, 0.2) is 49.1 Å². The van der Waals surface area contributed by atoms with E-state index in [0.717, 1.165) is 12.1 Å². The lowest BCUT2D eigenvalue weighted by molar-refractivity contribution is -0.117. The molecule has 4 rings (SSSR count). The molecular formula is C17H16N4O2. The SMILES string of the molecule is O=C(c1cccnc1)N1CC[C@H]2[C@H]1CC(=O)N2c1cccnc1. The first kappa shape index (κ1) is 13.9. The highest BCUT2D eigenvalue weighted by molar-refractivity contribution is 6.00. The van der Waals surface area contributed by atoms with Gasteiger partial charge in [0.15, 0.2) is 0 Å². The summed E-state index contributed by atoms with van der Waals surface area (Å²) in [5.74, 6) is 0.00289. The van der Waals surface area contributed by atoms with E-state index in [1.807, 2.05) is 17.0 Å². The fourth-order valence-electron chi connectivity index (χ4n) is 3.59. The smallest absolute Gasteiger partial charge is 0.255 e. The number of likely N-dealkylation sites (tertiary alicyclic amines) is 1. The van der Waals surface area contributed by atoms with Crippen molar-refractivity contribution in [1.82, 2.24) is 14.9 Å². The van der Waals surface area contributed by atoms with Gasteiger partial charge in [-0.05, 0) is 30.7 Å². The van der Waals surface area contributed by atoms with Crippen molar-refractivity contribution in [2.45, 2.75) is 24.9 Å².